The molecule has 0 aromatic heterocycles. The lowest BCUT2D eigenvalue weighted by Crippen LogP contribution is -2.06. The zero-order chi connectivity index (χ0) is 14.0. The summed E-state index contributed by atoms with van der Waals surface area (Å²) in [5.74, 6) is 0.0202. The number of methoxy groups -OCH3 is 1. The van der Waals surface area contributed by atoms with Crippen LogP contribution in [-0.4, -0.2) is 12.9 Å². The largest absolute Gasteiger partial charge is 0.497 e. The summed E-state index contributed by atoms with van der Waals surface area (Å²) in [5.41, 5.74) is 7.39. The number of aryl methyl sites for hydroxylation is 1. The third-order valence-corrected chi connectivity index (χ3v) is 2.92. The van der Waals surface area contributed by atoms with Crippen molar-refractivity contribution < 1.29 is 13.9 Å². The molecule has 0 atom stereocenters. The topological polar surface area (TPSA) is 52.3 Å². The van der Waals surface area contributed by atoms with Crippen LogP contribution < -0.4 is 10.5 Å². The van der Waals surface area contributed by atoms with Gasteiger partial charge in [0.05, 0.1) is 7.11 Å². The first-order valence-electron chi connectivity index (χ1n) is 5.77. The van der Waals surface area contributed by atoms with Crippen molar-refractivity contribution in [3.8, 4) is 5.75 Å². The summed E-state index contributed by atoms with van der Waals surface area (Å²) < 4.78 is 18.2. The summed E-state index contributed by atoms with van der Waals surface area (Å²) in [6, 6.07) is 9.11. The molecule has 0 amide bonds. The van der Waals surface area contributed by atoms with Crippen molar-refractivity contribution in [1.29, 1.82) is 0 Å². The predicted octanol–water partition coefficient (Wildman–Crippen LogP) is 2.96. The molecule has 0 bridgehead atoms. The quantitative estimate of drug-likeness (QED) is 0.681. The van der Waals surface area contributed by atoms with Gasteiger partial charge in [-0.05, 0) is 42.8 Å². The Hall–Kier alpha value is -2.36. The summed E-state index contributed by atoms with van der Waals surface area (Å²) in [4.78, 5) is 12.3. The maximum atomic E-state index is 13.2. The molecule has 98 valence electrons. The first kappa shape index (κ1) is 13.1. The molecule has 4 heteroatoms. The molecule has 0 aliphatic carbocycles. The molecule has 2 rings (SSSR count). The summed E-state index contributed by atoms with van der Waals surface area (Å²) in [6.45, 7) is 1.61. The molecule has 0 saturated heterocycles. The summed E-state index contributed by atoms with van der Waals surface area (Å²) >= 11 is 0. The molecule has 19 heavy (non-hydrogen) atoms. The van der Waals surface area contributed by atoms with Gasteiger partial charge in [0, 0.05) is 22.9 Å². The van der Waals surface area contributed by atoms with Gasteiger partial charge in [-0.1, -0.05) is 0 Å². The van der Waals surface area contributed by atoms with Crippen LogP contribution in [0.15, 0.2) is 36.4 Å². The molecule has 0 saturated carbocycles. The Bertz CT molecular complexity index is 638. The average Bonchev–Trinajstić information content (AvgIpc) is 2.41. The first-order chi connectivity index (χ1) is 9.02. The minimum absolute atomic E-state index is 0.233. The SMILES string of the molecule is COc1ccc(C(=O)c2ccc(F)c(C)c2)c(N)c1. The minimum Gasteiger partial charge on any atom is -0.497 e. The molecule has 2 N–H and O–H groups in total. The molecule has 0 aliphatic heterocycles. The van der Waals surface area contributed by atoms with E-state index in [1.165, 1.54) is 25.3 Å². The zero-order valence-electron chi connectivity index (χ0n) is 10.7. The van der Waals surface area contributed by atoms with E-state index in [0.29, 0.717) is 28.1 Å². The molecule has 3 nitrogen and oxygen atoms in total. The van der Waals surface area contributed by atoms with Crippen molar-refractivity contribution in [3.63, 3.8) is 0 Å². The number of anilines is 1. The van der Waals surface area contributed by atoms with E-state index in [-0.39, 0.29) is 11.6 Å². The second-order valence-electron chi connectivity index (χ2n) is 4.25. The van der Waals surface area contributed by atoms with Gasteiger partial charge < -0.3 is 10.5 Å². The van der Waals surface area contributed by atoms with Crippen LogP contribution in [0.4, 0.5) is 10.1 Å². The summed E-state index contributed by atoms with van der Waals surface area (Å²) in [7, 11) is 1.53. The lowest BCUT2D eigenvalue weighted by molar-refractivity contribution is 0.103. The zero-order valence-corrected chi connectivity index (χ0v) is 10.7. The van der Waals surface area contributed by atoms with Gasteiger partial charge in [0.15, 0.2) is 5.78 Å². The highest BCUT2D eigenvalue weighted by molar-refractivity contribution is 6.12. The third kappa shape index (κ3) is 2.57. The molecule has 0 heterocycles. The number of carbonyl (C=O) groups excluding carboxylic acids is 1. The highest BCUT2D eigenvalue weighted by Crippen LogP contribution is 2.23. The van der Waals surface area contributed by atoms with E-state index in [9.17, 15) is 9.18 Å². The first-order valence-corrected chi connectivity index (χ1v) is 5.77. The molecular formula is C15H14FNO2. The molecule has 0 fully saturated rings. The fourth-order valence-electron chi connectivity index (χ4n) is 1.82. The lowest BCUT2D eigenvalue weighted by atomic mass is 10.00. The van der Waals surface area contributed by atoms with Crippen LogP contribution in [0.3, 0.4) is 0 Å². The fraction of sp³-hybridized carbons (Fsp3) is 0.133. The summed E-state index contributed by atoms with van der Waals surface area (Å²) in [6.07, 6.45) is 0. The maximum Gasteiger partial charge on any atom is 0.195 e. The number of nitrogens with two attached hydrogens (primary N) is 1. The van der Waals surface area contributed by atoms with Gasteiger partial charge in [-0.25, -0.2) is 4.39 Å². The fourth-order valence-corrected chi connectivity index (χ4v) is 1.82. The Balaban J connectivity index is 2.41. The molecule has 0 radical (unpaired) electrons. The van der Waals surface area contributed by atoms with Crippen LogP contribution >= 0.6 is 0 Å². The number of hydrogen-bond donors (Lipinski definition) is 1. The number of ether oxygens (including phenoxy) is 1. The minimum atomic E-state index is -0.334. The number of carbonyl (C=O) groups is 1. The Labute approximate surface area is 110 Å². The van der Waals surface area contributed by atoms with Gasteiger partial charge in [-0.3, -0.25) is 4.79 Å². The molecule has 0 aliphatic rings. The Kier molecular flexibility index (Phi) is 3.51. The molecule has 2 aromatic carbocycles. The Morgan fingerprint density at radius 3 is 2.53 bits per heavy atom. The van der Waals surface area contributed by atoms with Crippen molar-refractivity contribution in [2.45, 2.75) is 6.92 Å². The van der Waals surface area contributed by atoms with E-state index in [1.54, 1.807) is 25.1 Å². The molecular weight excluding hydrogens is 245 g/mol. The average molecular weight is 259 g/mol. The van der Waals surface area contributed by atoms with Crippen LogP contribution in [0.25, 0.3) is 0 Å². The lowest BCUT2D eigenvalue weighted by Gasteiger charge is -2.08. The van der Waals surface area contributed by atoms with Gasteiger partial charge in [0.25, 0.3) is 0 Å². The van der Waals surface area contributed by atoms with Gasteiger partial charge in [0.2, 0.25) is 0 Å². The molecule has 0 spiro atoms. The number of nitrogen functional groups attached to an aromatic ring is 1. The van der Waals surface area contributed by atoms with Crippen LogP contribution in [0.5, 0.6) is 5.75 Å². The van der Waals surface area contributed by atoms with Crippen molar-refractivity contribution in [2.75, 3.05) is 12.8 Å². The normalized spacial score (nSPS) is 10.3. The van der Waals surface area contributed by atoms with Crippen LogP contribution in [-0.2, 0) is 0 Å². The smallest absolute Gasteiger partial charge is 0.195 e. The van der Waals surface area contributed by atoms with E-state index in [1.807, 2.05) is 0 Å². The van der Waals surface area contributed by atoms with Crippen molar-refractivity contribution in [3.05, 3.63) is 58.9 Å². The van der Waals surface area contributed by atoms with Crippen LogP contribution in [0.2, 0.25) is 0 Å². The van der Waals surface area contributed by atoms with Crippen molar-refractivity contribution in [1.82, 2.24) is 0 Å². The standard InChI is InChI=1S/C15H14FNO2/c1-9-7-10(3-6-13(9)16)15(18)12-5-4-11(19-2)8-14(12)17/h3-8H,17H2,1-2H3. The number of ketones is 1. The van der Waals surface area contributed by atoms with Crippen molar-refractivity contribution in [2.24, 2.45) is 0 Å². The van der Waals surface area contributed by atoms with Gasteiger partial charge in [-0.2, -0.15) is 0 Å². The van der Waals surface area contributed by atoms with E-state index in [4.69, 9.17) is 10.5 Å². The van der Waals surface area contributed by atoms with Crippen molar-refractivity contribution >= 4 is 11.5 Å². The number of hydrogen-bond acceptors (Lipinski definition) is 3. The second kappa shape index (κ2) is 5.10. The maximum absolute atomic E-state index is 13.2. The third-order valence-electron chi connectivity index (χ3n) is 2.92. The predicted molar refractivity (Wildman–Crippen MR) is 72.0 cm³/mol. The Morgan fingerprint density at radius 1 is 1.21 bits per heavy atom. The van der Waals surface area contributed by atoms with Gasteiger partial charge in [0.1, 0.15) is 11.6 Å². The van der Waals surface area contributed by atoms with Gasteiger partial charge >= 0.3 is 0 Å². The molecule has 0 unspecified atom stereocenters. The number of rotatable bonds is 3. The van der Waals surface area contributed by atoms with E-state index in [0.717, 1.165) is 0 Å². The summed E-state index contributed by atoms with van der Waals surface area (Å²) in [5, 5.41) is 0. The van der Waals surface area contributed by atoms with Crippen LogP contribution in [0.1, 0.15) is 21.5 Å². The molecule has 2 aromatic rings. The number of halogens is 1. The highest BCUT2D eigenvalue weighted by Gasteiger charge is 2.14. The second-order valence-corrected chi connectivity index (χ2v) is 4.25. The van der Waals surface area contributed by atoms with E-state index < -0.39 is 0 Å². The number of benzene rings is 2. The van der Waals surface area contributed by atoms with E-state index >= 15 is 0 Å². The Morgan fingerprint density at radius 2 is 1.95 bits per heavy atom. The monoisotopic (exact) mass is 259 g/mol. The van der Waals surface area contributed by atoms with Crippen LogP contribution in [0, 0.1) is 12.7 Å². The highest BCUT2D eigenvalue weighted by atomic mass is 19.1. The van der Waals surface area contributed by atoms with E-state index in [2.05, 4.69) is 0 Å². The van der Waals surface area contributed by atoms with Gasteiger partial charge in [-0.15, -0.1) is 0 Å².